The van der Waals surface area contributed by atoms with Crippen LogP contribution in [0.25, 0.3) is 0 Å². The zero-order valence-electron chi connectivity index (χ0n) is 21.3. The number of fused-ring (bicyclic) bond motifs is 1. The molecule has 2 heterocycles. The van der Waals surface area contributed by atoms with Crippen molar-refractivity contribution in [3.63, 3.8) is 0 Å². The molecule has 0 radical (unpaired) electrons. The van der Waals surface area contributed by atoms with Gasteiger partial charge in [0, 0.05) is 41.7 Å². The number of primary amides is 1. The number of nitrogens with two attached hydrogens (primary N) is 1. The van der Waals surface area contributed by atoms with Gasteiger partial charge in [-0.3, -0.25) is 14.4 Å². The van der Waals surface area contributed by atoms with Gasteiger partial charge in [0.05, 0.1) is 24.0 Å². The number of Topliss-reactive ketones (excluding diaryl/α,β-unsaturated/α-hetero) is 1. The number of benzene rings is 2. The predicted molar refractivity (Wildman–Crippen MR) is 145 cm³/mol. The highest BCUT2D eigenvalue weighted by Crippen LogP contribution is 2.48. The van der Waals surface area contributed by atoms with E-state index in [0.717, 1.165) is 29.1 Å². The summed E-state index contributed by atoms with van der Waals surface area (Å²) in [5.41, 5.74) is 9.58. The first-order valence-corrected chi connectivity index (χ1v) is 13.2. The van der Waals surface area contributed by atoms with Gasteiger partial charge < -0.3 is 20.9 Å². The number of allylic oxidation sites excluding steroid dienone is 1. The molecule has 3 N–H and O–H groups in total. The van der Waals surface area contributed by atoms with E-state index < -0.39 is 6.04 Å². The number of halogens is 1. The van der Waals surface area contributed by atoms with Gasteiger partial charge in [-0.15, -0.1) is 0 Å². The smallest absolute Gasteiger partial charge is 0.242 e. The van der Waals surface area contributed by atoms with Gasteiger partial charge in [0.15, 0.2) is 5.78 Å². The summed E-state index contributed by atoms with van der Waals surface area (Å²) in [6.07, 6.45) is 2.32. The molecule has 1 aliphatic carbocycles. The van der Waals surface area contributed by atoms with Gasteiger partial charge >= 0.3 is 0 Å². The number of nitrogens with one attached hydrogen (secondary N) is 1. The second-order valence-corrected chi connectivity index (χ2v) is 11.6. The van der Waals surface area contributed by atoms with Crippen molar-refractivity contribution in [2.24, 2.45) is 17.1 Å². The highest BCUT2D eigenvalue weighted by atomic mass is 35.5. The first-order valence-electron chi connectivity index (χ1n) is 12.8. The summed E-state index contributed by atoms with van der Waals surface area (Å²) < 4.78 is 0. The largest absolute Gasteiger partial charge is 0.369 e. The van der Waals surface area contributed by atoms with E-state index >= 15 is 0 Å². The molecular formula is C29H33ClN4O3. The molecule has 2 aromatic carbocycles. The molecule has 1 atom stereocenters. The Balaban J connectivity index is 1.58. The Hall–Kier alpha value is -3.32. The third-order valence-corrected chi connectivity index (χ3v) is 8.00. The molecule has 0 aromatic heterocycles. The number of carbonyl (C=O) groups excluding carboxylic acids is 3. The molecule has 3 aliphatic rings. The van der Waals surface area contributed by atoms with Crippen molar-refractivity contribution in [2.45, 2.75) is 45.6 Å². The number of para-hydroxylation sites is 2. The lowest BCUT2D eigenvalue weighted by molar-refractivity contribution is -0.133. The first-order chi connectivity index (χ1) is 17.6. The van der Waals surface area contributed by atoms with Crippen molar-refractivity contribution in [2.75, 3.05) is 29.9 Å². The van der Waals surface area contributed by atoms with Crippen molar-refractivity contribution >= 4 is 40.6 Å². The average molecular weight is 521 g/mol. The molecule has 1 saturated heterocycles. The van der Waals surface area contributed by atoms with Crippen molar-refractivity contribution < 1.29 is 14.4 Å². The number of hydrogen-bond acceptors (Lipinski definition) is 5. The monoisotopic (exact) mass is 520 g/mol. The van der Waals surface area contributed by atoms with Crippen LogP contribution < -0.4 is 16.0 Å². The molecule has 0 bridgehead atoms. The van der Waals surface area contributed by atoms with Crippen LogP contribution in [0.4, 0.5) is 11.4 Å². The van der Waals surface area contributed by atoms with Crippen LogP contribution in [-0.4, -0.2) is 42.1 Å². The van der Waals surface area contributed by atoms with Crippen LogP contribution in [0.15, 0.2) is 59.8 Å². The molecule has 1 fully saturated rings. The fraction of sp³-hybridized carbons (Fsp3) is 0.414. The summed E-state index contributed by atoms with van der Waals surface area (Å²) in [7, 11) is 0. The van der Waals surface area contributed by atoms with Crippen LogP contribution in [0, 0.1) is 11.3 Å². The van der Waals surface area contributed by atoms with E-state index in [9.17, 15) is 14.4 Å². The number of nitrogens with zero attached hydrogens (tertiary/aromatic N) is 2. The Morgan fingerprint density at radius 1 is 1.05 bits per heavy atom. The third-order valence-electron chi connectivity index (χ3n) is 7.75. The first kappa shape index (κ1) is 25.3. The minimum Gasteiger partial charge on any atom is -0.369 e. The van der Waals surface area contributed by atoms with Gasteiger partial charge in [-0.05, 0) is 54.5 Å². The summed E-state index contributed by atoms with van der Waals surface area (Å²) >= 11 is 6.23. The van der Waals surface area contributed by atoms with Crippen molar-refractivity contribution in [1.82, 2.24) is 4.90 Å². The Morgan fingerprint density at radius 2 is 1.73 bits per heavy atom. The van der Waals surface area contributed by atoms with Crippen molar-refractivity contribution in [1.29, 1.82) is 0 Å². The van der Waals surface area contributed by atoms with Crippen LogP contribution in [0.3, 0.4) is 0 Å². The molecule has 2 amide bonds. The summed E-state index contributed by atoms with van der Waals surface area (Å²) in [6, 6.07) is 15.0. The Morgan fingerprint density at radius 3 is 2.41 bits per heavy atom. The molecule has 1 unspecified atom stereocenters. The number of anilines is 2. The summed E-state index contributed by atoms with van der Waals surface area (Å²) in [4.78, 5) is 42.9. The summed E-state index contributed by atoms with van der Waals surface area (Å²) in [5.74, 6) is -0.443. The number of hydrogen-bond donors (Lipinski definition) is 2. The number of amides is 2. The SMILES string of the molecule is CC1(C)CC(=O)C2=C(C1)Nc1ccccc1N(CC(=O)N1CCC(C(N)=O)CC1)C2c1ccc(Cl)cc1. The Kier molecular flexibility index (Phi) is 6.75. The van der Waals surface area contributed by atoms with Gasteiger partial charge in [0.2, 0.25) is 11.8 Å². The number of piperidine rings is 1. The lowest BCUT2D eigenvalue weighted by Gasteiger charge is -2.39. The maximum atomic E-state index is 13.7. The van der Waals surface area contributed by atoms with Crippen molar-refractivity contribution in [3.8, 4) is 0 Å². The quantitative estimate of drug-likeness (QED) is 0.610. The predicted octanol–water partition coefficient (Wildman–Crippen LogP) is 4.68. The normalized spacial score (nSPS) is 21.6. The molecule has 5 rings (SSSR count). The molecular weight excluding hydrogens is 488 g/mol. The average Bonchev–Trinajstić information content (AvgIpc) is 2.98. The fourth-order valence-electron chi connectivity index (χ4n) is 5.88. The molecule has 0 saturated carbocycles. The van der Waals surface area contributed by atoms with E-state index in [0.29, 0.717) is 42.9 Å². The van der Waals surface area contributed by atoms with E-state index in [2.05, 4.69) is 19.2 Å². The minimum absolute atomic E-state index is 0.0377. The molecule has 2 aliphatic heterocycles. The zero-order chi connectivity index (χ0) is 26.3. The molecule has 7 nitrogen and oxygen atoms in total. The number of rotatable bonds is 4. The van der Waals surface area contributed by atoms with Crippen LogP contribution in [0.1, 0.15) is 51.1 Å². The maximum Gasteiger partial charge on any atom is 0.242 e. The summed E-state index contributed by atoms with van der Waals surface area (Å²) in [5, 5.41) is 4.19. The highest BCUT2D eigenvalue weighted by molar-refractivity contribution is 6.30. The molecule has 8 heteroatoms. The lowest BCUT2D eigenvalue weighted by atomic mass is 9.73. The molecule has 194 valence electrons. The van der Waals surface area contributed by atoms with E-state index in [4.69, 9.17) is 17.3 Å². The second kappa shape index (κ2) is 9.86. The van der Waals surface area contributed by atoms with Gasteiger partial charge in [-0.2, -0.15) is 0 Å². The Labute approximate surface area is 222 Å². The van der Waals surface area contributed by atoms with Gasteiger partial charge in [0.25, 0.3) is 0 Å². The maximum absolute atomic E-state index is 13.7. The van der Waals surface area contributed by atoms with E-state index in [-0.39, 0.29) is 35.5 Å². The number of likely N-dealkylation sites (tertiary alicyclic amines) is 1. The summed E-state index contributed by atoms with van der Waals surface area (Å²) in [6.45, 7) is 5.31. The van der Waals surface area contributed by atoms with Crippen LogP contribution in [-0.2, 0) is 14.4 Å². The van der Waals surface area contributed by atoms with Crippen LogP contribution in [0.2, 0.25) is 5.02 Å². The lowest BCUT2D eigenvalue weighted by Crippen LogP contribution is -2.47. The number of ketones is 1. The van der Waals surface area contributed by atoms with Gasteiger partial charge in [-0.25, -0.2) is 0 Å². The van der Waals surface area contributed by atoms with E-state index in [1.807, 2.05) is 53.4 Å². The standard InChI is InChI=1S/C29H33ClN4O3/c1-29(2)15-22-26(24(35)16-29)27(18-7-9-20(30)10-8-18)34(23-6-4-3-5-21(23)32-22)17-25(36)33-13-11-19(12-14-33)28(31)37/h3-10,19,27,32H,11-17H2,1-2H3,(H2,31,37). The highest BCUT2D eigenvalue weighted by Gasteiger charge is 2.42. The fourth-order valence-corrected chi connectivity index (χ4v) is 6.00. The minimum atomic E-state index is -0.445. The second-order valence-electron chi connectivity index (χ2n) is 11.1. The van der Waals surface area contributed by atoms with E-state index in [1.54, 1.807) is 4.90 Å². The van der Waals surface area contributed by atoms with E-state index in [1.165, 1.54) is 0 Å². The number of carbonyl (C=O) groups is 3. The topological polar surface area (TPSA) is 95.7 Å². The Bertz CT molecular complexity index is 1260. The van der Waals surface area contributed by atoms with Crippen molar-refractivity contribution in [3.05, 3.63) is 70.4 Å². The van der Waals surface area contributed by atoms with Crippen LogP contribution >= 0.6 is 11.6 Å². The van der Waals surface area contributed by atoms with Gasteiger partial charge in [0.1, 0.15) is 0 Å². The third kappa shape index (κ3) is 5.10. The van der Waals surface area contributed by atoms with Gasteiger partial charge in [-0.1, -0.05) is 49.7 Å². The van der Waals surface area contributed by atoms with Crippen LogP contribution in [0.5, 0.6) is 0 Å². The molecule has 37 heavy (non-hydrogen) atoms. The molecule has 2 aromatic rings. The molecule has 0 spiro atoms. The zero-order valence-corrected chi connectivity index (χ0v) is 22.1.